The van der Waals surface area contributed by atoms with Gasteiger partial charge in [0.1, 0.15) is 13.2 Å². The van der Waals surface area contributed by atoms with Gasteiger partial charge in [-0.25, -0.2) is 4.79 Å². The Morgan fingerprint density at radius 2 is 1.93 bits per heavy atom. The van der Waals surface area contributed by atoms with Crippen LogP contribution in [0, 0.1) is 0 Å². The molecule has 0 aliphatic carbocycles. The van der Waals surface area contributed by atoms with Gasteiger partial charge in [0.05, 0.1) is 19.8 Å². The van der Waals surface area contributed by atoms with Crippen molar-refractivity contribution in [3.8, 4) is 0 Å². The van der Waals surface area contributed by atoms with Crippen LogP contribution in [0.25, 0.3) is 0 Å². The summed E-state index contributed by atoms with van der Waals surface area (Å²) < 4.78 is 9.89. The summed E-state index contributed by atoms with van der Waals surface area (Å²) in [6.07, 6.45) is -0.392. The molecular formula is C9H14N2O4. The molecule has 0 aromatic carbocycles. The van der Waals surface area contributed by atoms with Gasteiger partial charge in [0.25, 0.3) is 0 Å². The Bertz CT molecular complexity index is 263. The molecule has 0 atom stereocenters. The van der Waals surface area contributed by atoms with Gasteiger partial charge in [-0.05, 0) is 0 Å². The molecule has 2 fully saturated rings. The molecule has 0 unspecified atom stereocenters. The standard InChI is InChI=1S/C9H14N2O4/c12-8(10-1-4-14-5-2-10)7-11-3-6-15-9(11)13/h1-7H2. The van der Waals surface area contributed by atoms with E-state index in [0.717, 1.165) is 0 Å². The molecule has 0 aromatic rings. The summed E-state index contributed by atoms with van der Waals surface area (Å²) >= 11 is 0. The molecule has 6 heteroatoms. The van der Waals surface area contributed by atoms with E-state index in [1.807, 2.05) is 0 Å². The van der Waals surface area contributed by atoms with Crippen molar-refractivity contribution in [2.45, 2.75) is 0 Å². The highest BCUT2D eigenvalue weighted by molar-refractivity contribution is 5.82. The first-order valence-corrected chi connectivity index (χ1v) is 5.04. The van der Waals surface area contributed by atoms with E-state index in [1.54, 1.807) is 4.90 Å². The lowest BCUT2D eigenvalue weighted by Crippen LogP contribution is -2.45. The monoisotopic (exact) mass is 214 g/mol. The number of rotatable bonds is 2. The molecule has 2 amide bonds. The number of morpholine rings is 1. The Kier molecular flexibility index (Phi) is 3.05. The Hall–Kier alpha value is -1.30. The van der Waals surface area contributed by atoms with Gasteiger partial charge < -0.3 is 14.4 Å². The summed E-state index contributed by atoms with van der Waals surface area (Å²) in [6.45, 7) is 3.40. The first-order valence-electron chi connectivity index (χ1n) is 5.04. The first kappa shape index (κ1) is 10.2. The number of hydrogen-bond donors (Lipinski definition) is 0. The van der Waals surface area contributed by atoms with Crippen molar-refractivity contribution in [1.29, 1.82) is 0 Å². The molecule has 15 heavy (non-hydrogen) atoms. The van der Waals surface area contributed by atoms with Crippen LogP contribution in [0.15, 0.2) is 0 Å². The average Bonchev–Trinajstić information content (AvgIpc) is 2.66. The zero-order chi connectivity index (χ0) is 10.7. The third kappa shape index (κ3) is 2.38. The molecule has 2 saturated heterocycles. The molecule has 2 heterocycles. The van der Waals surface area contributed by atoms with Crippen LogP contribution in [0.2, 0.25) is 0 Å². The minimum atomic E-state index is -0.392. The topological polar surface area (TPSA) is 59.1 Å². The van der Waals surface area contributed by atoms with Crippen LogP contribution in [0.3, 0.4) is 0 Å². The lowest BCUT2D eigenvalue weighted by Gasteiger charge is -2.28. The summed E-state index contributed by atoms with van der Waals surface area (Å²) in [7, 11) is 0. The van der Waals surface area contributed by atoms with Crippen LogP contribution in [0.4, 0.5) is 4.79 Å². The highest BCUT2D eigenvalue weighted by atomic mass is 16.6. The maximum Gasteiger partial charge on any atom is 0.410 e. The maximum atomic E-state index is 11.7. The fourth-order valence-electron chi connectivity index (χ4n) is 1.65. The van der Waals surface area contributed by atoms with Gasteiger partial charge in [0, 0.05) is 13.1 Å². The van der Waals surface area contributed by atoms with Gasteiger partial charge in [0.15, 0.2) is 0 Å². The van der Waals surface area contributed by atoms with Crippen molar-refractivity contribution in [3.05, 3.63) is 0 Å². The van der Waals surface area contributed by atoms with Crippen molar-refractivity contribution in [3.63, 3.8) is 0 Å². The summed E-state index contributed by atoms with van der Waals surface area (Å²) in [5, 5.41) is 0. The van der Waals surface area contributed by atoms with Gasteiger partial charge in [-0.2, -0.15) is 0 Å². The van der Waals surface area contributed by atoms with E-state index in [2.05, 4.69) is 0 Å². The van der Waals surface area contributed by atoms with Crippen LogP contribution in [-0.2, 0) is 14.3 Å². The molecule has 0 aromatic heterocycles. The molecule has 0 spiro atoms. The quantitative estimate of drug-likeness (QED) is 0.609. The van der Waals surface area contributed by atoms with Crippen LogP contribution in [0.5, 0.6) is 0 Å². The maximum absolute atomic E-state index is 11.7. The summed E-state index contributed by atoms with van der Waals surface area (Å²) in [6, 6.07) is 0. The van der Waals surface area contributed by atoms with Crippen LogP contribution in [0.1, 0.15) is 0 Å². The molecule has 0 N–H and O–H groups in total. The lowest BCUT2D eigenvalue weighted by molar-refractivity contribution is -0.135. The summed E-state index contributed by atoms with van der Waals surface area (Å²) in [5.74, 6) is -0.0304. The molecule has 84 valence electrons. The molecule has 0 radical (unpaired) electrons. The van der Waals surface area contributed by atoms with E-state index in [1.165, 1.54) is 4.90 Å². The van der Waals surface area contributed by atoms with E-state index >= 15 is 0 Å². The van der Waals surface area contributed by atoms with Gasteiger partial charge in [-0.15, -0.1) is 0 Å². The van der Waals surface area contributed by atoms with Crippen LogP contribution >= 0.6 is 0 Å². The van der Waals surface area contributed by atoms with Crippen molar-refractivity contribution >= 4 is 12.0 Å². The second-order valence-electron chi connectivity index (χ2n) is 3.53. The zero-order valence-corrected chi connectivity index (χ0v) is 8.48. The molecule has 0 bridgehead atoms. The van der Waals surface area contributed by atoms with Gasteiger partial charge >= 0.3 is 6.09 Å². The Balaban J connectivity index is 1.82. The van der Waals surface area contributed by atoms with Gasteiger partial charge in [-0.3, -0.25) is 9.69 Å². The number of amides is 2. The average molecular weight is 214 g/mol. The van der Waals surface area contributed by atoms with Crippen LogP contribution < -0.4 is 0 Å². The van der Waals surface area contributed by atoms with Crippen molar-refractivity contribution < 1.29 is 19.1 Å². The Labute approximate surface area is 87.7 Å². The fraction of sp³-hybridized carbons (Fsp3) is 0.778. The second kappa shape index (κ2) is 4.48. The van der Waals surface area contributed by atoms with E-state index in [0.29, 0.717) is 39.5 Å². The number of carbonyl (C=O) groups is 2. The molecule has 2 rings (SSSR count). The lowest BCUT2D eigenvalue weighted by atomic mass is 10.4. The number of nitrogens with zero attached hydrogens (tertiary/aromatic N) is 2. The van der Waals surface area contributed by atoms with Gasteiger partial charge in [0.2, 0.25) is 5.91 Å². The van der Waals surface area contributed by atoms with E-state index in [9.17, 15) is 9.59 Å². The highest BCUT2D eigenvalue weighted by Gasteiger charge is 2.26. The molecular weight excluding hydrogens is 200 g/mol. The predicted octanol–water partition coefficient (Wildman–Crippen LogP) is -0.703. The first-order chi connectivity index (χ1) is 7.27. The van der Waals surface area contributed by atoms with Gasteiger partial charge in [-0.1, -0.05) is 0 Å². The molecule has 2 aliphatic rings. The largest absolute Gasteiger partial charge is 0.448 e. The fourth-order valence-corrected chi connectivity index (χ4v) is 1.65. The molecule has 0 saturated carbocycles. The Morgan fingerprint density at radius 3 is 2.53 bits per heavy atom. The third-order valence-electron chi connectivity index (χ3n) is 2.53. The van der Waals surface area contributed by atoms with E-state index in [-0.39, 0.29) is 12.5 Å². The molecule has 6 nitrogen and oxygen atoms in total. The van der Waals surface area contributed by atoms with Crippen molar-refractivity contribution in [2.24, 2.45) is 0 Å². The minimum Gasteiger partial charge on any atom is -0.448 e. The smallest absolute Gasteiger partial charge is 0.410 e. The Morgan fingerprint density at radius 1 is 1.20 bits per heavy atom. The number of hydrogen-bond acceptors (Lipinski definition) is 4. The number of cyclic esters (lactones) is 1. The summed E-state index contributed by atoms with van der Waals surface area (Å²) in [5.41, 5.74) is 0. The summed E-state index contributed by atoms with van der Waals surface area (Å²) in [4.78, 5) is 26.0. The van der Waals surface area contributed by atoms with Crippen LogP contribution in [-0.4, -0.2) is 67.8 Å². The van der Waals surface area contributed by atoms with Crippen molar-refractivity contribution in [1.82, 2.24) is 9.80 Å². The highest BCUT2D eigenvalue weighted by Crippen LogP contribution is 2.05. The second-order valence-corrected chi connectivity index (χ2v) is 3.53. The normalized spacial score (nSPS) is 21.7. The predicted molar refractivity (Wildman–Crippen MR) is 50.3 cm³/mol. The zero-order valence-electron chi connectivity index (χ0n) is 8.48. The SMILES string of the molecule is O=C(CN1CCOC1=O)N1CCOCC1. The van der Waals surface area contributed by atoms with E-state index < -0.39 is 6.09 Å². The number of ether oxygens (including phenoxy) is 2. The molecule has 2 aliphatic heterocycles. The minimum absolute atomic E-state index is 0.0304. The third-order valence-corrected chi connectivity index (χ3v) is 2.53. The van der Waals surface area contributed by atoms with E-state index in [4.69, 9.17) is 9.47 Å². The van der Waals surface area contributed by atoms with Crippen molar-refractivity contribution in [2.75, 3.05) is 46.0 Å². The number of carbonyl (C=O) groups excluding carboxylic acids is 2.